The number of amides is 2. The highest BCUT2D eigenvalue weighted by molar-refractivity contribution is 6.06. The normalized spacial score (nSPS) is 10.6. The molecule has 3 rings (SSSR count). The first-order valence-corrected chi connectivity index (χ1v) is 9.78. The number of carbonyl (C=O) groups excluding carboxylic acids is 2. The Kier molecular flexibility index (Phi) is 6.12. The van der Waals surface area contributed by atoms with Crippen molar-refractivity contribution in [3.8, 4) is 5.69 Å². The molecule has 0 saturated carbocycles. The zero-order valence-corrected chi connectivity index (χ0v) is 17.3. The smallest absolute Gasteiger partial charge is 0.259 e. The molecule has 2 aromatic carbocycles. The van der Waals surface area contributed by atoms with Crippen molar-refractivity contribution >= 4 is 17.5 Å². The number of aromatic nitrogens is 2. The van der Waals surface area contributed by atoms with E-state index in [1.807, 2.05) is 58.0 Å². The molecular weight excluding hydrogens is 364 g/mol. The van der Waals surface area contributed by atoms with Crippen LogP contribution in [0.25, 0.3) is 5.69 Å². The molecule has 0 aliphatic heterocycles. The third kappa shape index (κ3) is 4.21. The molecule has 29 heavy (non-hydrogen) atoms. The van der Waals surface area contributed by atoms with Crippen LogP contribution in [0, 0.1) is 13.8 Å². The predicted molar refractivity (Wildman–Crippen MR) is 115 cm³/mol. The summed E-state index contributed by atoms with van der Waals surface area (Å²) in [4.78, 5) is 27.1. The predicted octanol–water partition coefficient (Wildman–Crippen LogP) is 4.22. The van der Waals surface area contributed by atoms with Gasteiger partial charge >= 0.3 is 0 Å². The van der Waals surface area contributed by atoms with Gasteiger partial charge in [-0.05, 0) is 64.1 Å². The second-order valence-corrected chi connectivity index (χ2v) is 6.80. The number of benzene rings is 2. The van der Waals surface area contributed by atoms with Gasteiger partial charge in [-0.25, -0.2) is 4.68 Å². The molecule has 0 aliphatic carbocycles. The average Bonchev–Trinajstić information content (AvgIpc) is 3.04. The van der Waals surface area contributed by atoms with Crippen molar-refractivity contribution in [2.45, 2.75) is 27.7 Å². The molecule has 150 valence electrons. The van der Waals surface area contributed by atoms with E-state index < -0.39 is 0 Å². The highest BCUT2D eigenvalue weighted by Gasteiger charge is 2.20. The Bertz CT molecular complexity index is 1000. The topological polar surface area (TPSA) is 67.2 Å². The van der Waals surface area contributed by atoms with E-state index in [1.165, 1.54) is 0 Å². The van der Waals surface area contributed by atoms with Crippen LogP contribution in [-0.2, 0) is 0 Å². The molecule has 0 aliphatic rings. The van der Waals surface area contributed by atoms with Gasteiger partial charge in [-0.15, -0.1) is 0 Å². The van der Waals surface area contributed by atoms with Crippen LogP contribution in [0.3, 0.4) is 0 Å². The molecule has 6 nitrogen and oxygen atoms in total. The van der Waals surface area contributed by atoms with Gasteiger partial charge in [0.1, 0.15) is 0 Å². The van der Waals surface area contributed by atoms with Crippen LogP contribution in [0.2, 0.25) is 0 Å². The number of nitrogens with zero attached hydrogens (tertiary/aromatic N) is 3. The lowest BCUT2D eigenvalue weighted by molar-refractivity contribution is 0.0773. The standard InChI is InChI=1S/C23H26N4O2/c1-5-26(6-2)23(29)18-12-14-19(15-13-18)24-22(28)21-16(3)25-27(17(21)4)20-10-8-7-9-11-20/h7-15H,5-6H2,1-4H3,(H,24,28). The average molecular weight is 390 g/mol. The fourth-order valence-corrected chi connectivity index (χ4v) is 3.38. The zero-order chi connectivity index (χ0) is 21.0. The lowest BCUT2D eigenvalue weighted by Crippen LogP contribution is -2.30. The quantitative estimate of drug-likeness (QED) is 0.685. The Labute approximate surface area is 171 Å². The number of hydrogen-bond acceptors (Lipinski definition) is 3. The van der Waals surface area contributed by atoms with E-state index in [-0.39, 0.29) is 11.8 Å². The fraction of sp³-hybridized carbons (Fsp3) is 0.261. The number of hydrogen-bond donors (Lipinski definition) is 1. The summed E-state index contributed by atoms with van der Waals surface area (Å²) in [6, 6.07) is 16.7. The second-order valence-electron chi connectivity index (χ2n) is 6.80. The van der Waals surface area contributed by atoms with Crippen molar-refractivity contribution < 1.29 is 9.59 Å². The van der Waals surface area contributed by atoms with E-state index in [0.717, 1.165) is 11.4 Å². The SMILES string of the molecule is CCN(CC)C(=O)c1ccc(NC(=O)c2c(C)nn(-c3ccccc3)c2C)cc1. The Balaban J connectivity index is 1.79. The summed E-state index contributed by atoms with van der Waals surface area (Å²) >= 11 is 0. The van der Waals surface area contributed by atoms with Gasteiger partial charge in [-0.1, -0.05) is 18.2 Å². The lowest BCUT2D eigenvalue weighted by Gasteiger charge is -2.18. The summed E-state index contributed by atoms with van der Waals surface area (Å²) in [6.45, 7) is 8.95. The number of aryl methyl sites for hydroxylation is 1. The van der Waals surface area contributed by atoms with E-state index in [2.05, 4.69) is 10.4 Å². The van der Waals surface area contributed by atoms with E-state index in [1.54, 1.807) is 33.8 Å². The van der Waals surface area contributed by atoms with Crippen LogP contribution in [0.4, 0.5) is 5.69 Å². The first-order valence-electron chi connectivity index (χ1n) is 9.78. The van der Waals surface area contributed by atoms with Crippen molar-refractivity contribution in [2.75, 3.05) is 18.4 Å². The number of nitrogens with one attached hydrogen (secondary N) is 1. The van der Waals surface area contributed by atoms with Crippen molar-refractivity contribution in [1.29, 1.82) is 0 Å². The minimum atomic E-state index is -0.218. The van der Waals surface area contributed by atoms with Gasteiger partial charge < -0.3 is 10.2 Å². The molecule has 0 unspecified atom stereocenters. The molecular formula is C23H26N4O2. The summed E-state index contributed by atoms with van der Waals surface area (Å²) in [5.74, 6) is -0.228. The third-order valence-corrected chi connectivity index (χ3v) is 4.96. The van der Waals surface area contributed by atoms with Crippen LogP contribution in [-0.4, -0.2) is 39.6 Å². The molecule has 2 amide bonds. The Hall–Kier alpha value is -3.41. The molecule has 1 N–H and O–H groups in total. The van der Waals surface area contributed by atoms with Gasteiger partial charge in [0.15, 0.2) is 0 Å². The first-order chi connectivity index (χ1) is 14.0. The van der Waals surface area contributed by atoms with Gasteiger partial charge in [0.05, 0.1) is 22.6 Å². The molecule has 0 radical (unpaired) electrons. The second kappa shape index (κ2) is 8.73. The zero-order valence-electron chi connectivity index (χ0n) is 17.3. The van der Waals surface area contributed by atoms with E-state index in [4.69, 9.17) is 0 Å². The Morgan fingerprint density at radius 2 is 1.59 bits per heavy atom. The number of carbonyl (C=O) groups is 2. The molecule has 0 bridgehead atoms. The molecule has 1 heterocycles. The first kappa shape index (κ1) is 20.3. The Morgan fingerprint density at radius 1 is 0.966 bits per heavy atom. The number of rotatable bonds is 6. The maximum Gasteiger partial charge on any atom is 0.259 e. The van der Waals surface area contributed by atoms with Crippen LogP contribution >= 0.6 is 0 Å². The third-order valence-electron chi connectivity index (χ3n) is 4.96. The molecule has 0 fully saturated rings. The molecule has 0 saturated heterocycles. The van der Waals surface area contributed by atoms with Crippen LogP contribution in [0.1, 0.15) is 46.0 Å². The van der Waals surface area contributed by atoms with Crippen LogP contribution in [0.15, 0.2) is 54.6 Å². The van der Waals surface area contributed by atoms with Gasteiger partial charge in [0.2, 0.25) is 0 Å². The van der Waals surface area contributed by atoms with E-state index in [0.29, 0.717) is 35.6 Å². The van der Waals surface area contributed by atoms with Gasteiger partial charge in [-0.2, -0.15) is 5.10 Å². The maximum absolute atomic E-state index is 12.9. The summed E-state index contributed by atoms with van der Waals surface area (Å²) in [5, 5.41) is 7.44. The van der Waals surface area contributed by atoms with E-state index >= 15 is 0 Å². The summed E-state index contributed by atoms with van der Waals surface area (Å²) in [6.07, 6.45) is 0. The van der Waals surface area contributed by atoms with Gasteiger partial charge in [0.25, 0.3) is 11.8 Å². The van der Waals surface area contributed by atoms with Crippen molar-refractivity contribution in [3.05, 3.63) is 77.1 Å². The van der Waals surface area contributed by atoms with E-state index in [9.17, 15) is 9.59 Å². The molecule has 0 spiro atoms. The fourth-order valence-electron chi connectivity index (χ4n) is 3.38. The van der Waals surface area contributed by atoms with Crippen molar-refractivity contribution in [3.63, 3.8) is 0 Å². The highest BCUT2D eigenvalue weighted by atomic mass is 16.2. The summed E-state index contributed by atoms with van der Waals surface area (Å²) in [5.41, 5.74) is 4.15. The summed E-state index contributed by atoms with van der Waals surface area (Å²) < 4.78 is 1.77. The maximum atomic E-state index is 12.9. The van der Waals surface area contributed by atoms with Crippen molar-refractivity contribution in [1.82, 2.24) is 14.7 Å². The molecule has 3 aromatic rings. The lowest BCUT2D eigenvalue weighted by atomic mass is 10.1. The van der Waals surface area contributed by atoms with Gasteiger partial charge in [0, 0.05) is 24.3 Å². The highest BCUT2D eigenvalue weighted by Crippen LogP contribution is 2.20. The van der Waals surface area contributed by atoms with Crippen LogP contribution < -0.4 is 5.32 Å². The number of anilines is 1. The summed E-state index contributed by atoms with van der Waals surface area (Å²) in [7, 11) is 0. The Morgan fingerprint density at radius 3 is 2.17 bits per heavy atom. The minimum Gasteiger partial charge on any atom is -0.339 e. The largest absolute Gasteiger partial charge is 0.339 e. The monoisotopic (exact) mass is 390 g/mol. The van der Waals surface area contributed by atoms with Crippen molar-refractivity contribution in [2.24, 2.45) is 0 Å². The number of para-hydroxylation sites is 1. The molecule has 1 aromatic heterocycles. The molecule has 0 atom stereocenters. The van der Waals surface area contributed by atoms with Gasteiger partial charge in [-0.3, -0.25) is 9.59 Å². The molecule has 6 heteroatoms. The van der Waals surface area contributed by atoms with Crippen LogP contribution in [0.5, 0.6) is 0 Å². The minimum absolute atomic E-state index is 0.0105.